The molecule has 0 aromatic heterocycles. The summed E-state index contributed by atoms with van der Waals surface area (Å²) in [5.74, 6) is 0.536. The predicted octanol–water partition coefficient (Wildman–Crippen LogP) is 2.69. The van der Waals surface area contributed by atoms with Gasteiger partial charge in [-0.3, -0.25) is 4.79 Å². The second kappa shape index (κ2) is 8.74. The molecule has 2 atom stereocenters. The Kier molecular flexibility index (Phi) is 8.49. The number of hydrogen-bond acceptors (Lipinski definition) is 3. The maximum absolute atomic E-state index is 12.2. The molecule has 0 saturated heterocycles. The van der Waals surface area contributed by atoms with Crippen molar-refractivity contribution in [2.24, 2.45) is 22.5 Å². The van der Waals surface area contributed by atoms with Crippen molar-refractivity contribution in [2.45, 2.75) is 73.3 Å². The molecule has 0 heterocycles. The molecule has 2 unspecified atom stereocenters. The van der Waals surface area contributed by atoms with Gasteiger partial charge in [-0.25, -0.2) is 0 Å². The van der Waals surface area contributed by atoms with Crippen molar-refractivity contribution in [3.05, 3.63) is 0 Å². The molecule has 0 aliphatic heterocycles. The number of nitrogens with two attached hydrogens (primary N) is 1. The lowest BCUT2D eigenvalue weighted by Crippen LogP contribution is -2.44. The number of nitrogens with one attached hydrogen (secondary N) is 1. The molecule has 21 heavy (non-hydrogen) atoms. The fraction of sp³-hybridized carbons (Fsp3) is 0.941. The van der Waals surface area contributed by atoms with Crippen LogP contribution in [-0.2, 0) is 4.79 Å². The summed E-state index contributed by atoms with van der Waals surface area (Å²) >= 11 is 0. The number of aliphatic hydroxyl groups is 1. The van der Waals surface area contributed by atoms with Gasteiger partial charge < -0.3 is 16.2 Å². The first-order valence-electron chi connectivity index (χ1n) is 8.12. The zero-order valence-corrected chi connectivity index (χ0v) is 14.8. The molecule has 0 aromatic carbocycles. The molecule has 0 saturated carbocycles. The molecule has 0 aliphatic carbocycles. The van der Waals surface area contributed by atoms with Gasteiger partial charge in [0.2, 0.25) is 5.91 Å². The molecular formula is C17H36N2O2. The fourth-order valence-electron chi connectivity index (χ4n) is 2.63. The van der Waals surface area contributed by atoms with Crippen LogP contribution in [0.4, 0.5) is 0 Å². The van der Waals surface area contributed by atoms with Crippen molar-refractivity contribution in [1.29, 1.82) is 0 Å². The number of aliphatic hydroxyl groups excluding tert-OH is 1. The maximum atomic E-state index is 12.2. The van der Waals surface area contributed by atoms with Gasteiger partial charge in [0.05, 0.1) is 0 Å². The summed E-state index contributed by atoms with van der Waals surface area (Å²) in [6.45, 7) is 13.6. The van der Waals surface area contributed by atoms with E-state index in [1.54, 1.807) is 0 Å². The van der Waals surface area contributed by atoms with E-state index in [1.807, 2.05) is 0 Å². The first-order valence-corrected chi connectivity index (χ1v) is 8.12. The smallest absolute Gasteiger partial charge is 0.220 e. The minimum Gasteiger partial charge on any atom is -0.396 e. The monoisotopic (exact) mass is 300 g/mol. The summed E-state index contributed by atoms with van der Waals surface area (Å²) in [6, 6.07) is 0.0117. The Morgan fingerprint density at radius 3 is 2.00 bits per heavy atom. The zero-order valence-electron chi connectivity index (χ0n) is 14.8. The lowest BCUT2D eigenvalue weighted by molar-refractivity contribution is -0.123. The first-order chi connectivity index (χ1) is 9.52. The minimum atomic E-state index is -0.0426. The molecule has 4 heteroatoms. The lowest BCUT2D eigenvalue weighted by atomic mass is 9.76. The second-order valence-electron chi connectivity index (χ2n) is 8.18. The van der Waals surface area contributed by atoms with Gasteiger partial charge in [-0.15, -0.1) is 0 Å². The Labute approximate surface area is 130 Å². The van der Waals surface area contributed by atoms with Crippen LogP contribution >= 0.6 is 0 Å². The summed E-state index contributed by atoms with van der Waals surface area (Å²) in [6.07, 6.45) is 2.94. The number of carbonyl (C=O) groups is 1. The van der Waals surface area contributed by atoms with Crippen LogP contribution in [0.25, 0.3) is 0 Å². The Balaban J connectivity index is 4.47. The normalized spacial score (nSPS) is 15.6. The van der Waals surface area contributed by atoms with E-state index in [-0.39, 0.29) is 29.4 Å². The molecule has 0 aliphatic rings. The van der Waals surface area contributed by atoms with E-state index in [1.165, 1.54) is 0 Å². The van der Waals surface area contributed by atoms with Crippen LogP contribution in [0.2, 0.25) is 0 Å². The topological polar surface area (TPSA) is 75.4 Å². The molecule has 4 nitrogen and oxygen atoms in total. The Morgan fingerprint density at radius 1 is 1.05 bits per heavy atom. The molecule has 0 radical (unpaired) electrons. The standard InChI is InChI=1S/C17H36N2O2/c1-16(2,3)13(9-11-18)7-8-15(21)19-14(10-12-20)17(4,5)6/h13-14,20H,7-12,18H2,1-6H3,(H,19,21). The first kappa shape index (κ1) is 20.4. The van der Waals surface area contributed by atoms with Crippen molar-refractivity contribution < 1.29 is 9.90 Å². The van der Waals surface area contributed by atoms with Gasteiger partial charge in [-0.05, 0) is 42.6 Å². The third-order valence-electron chi connectivity index (χ3n) is 4.26. The maximum Gasteiger partial charge on any atom is 0.220 e. The van der Waals surface area contributed by atoms with Crippen LogP contribution in [0, 0.1) is 16.7 Å². The largest absolute Gasteiger partial charge is 0.396 e. The molecule has 0 rings (SSSR count). The molecule has 1 amide bonds. The van der Waals surface area contributed by atoms with Gasteiger partial charge in [0.15, 0.2) is 0 Å². The summed E-state index contributed by atoms with van der Waals surface area (Å²) in [5.41, 5.74) is 5.81. The third-order valence-corrected chi connectivity index (χ3v) is 4.26. The van der Waals surface area contributed by atoms with Crippen LogP contribution in [-0.4, -0.2) is 30.2 Å². The van der Waals surface area contributed by atoms with E-state index < -0.39 is 0 Å². The Hall–Kier alpha value is -0.610. The number of hydrogen-bond donors (Lipinski definition) is 3. The van der Waals surface area contributed by atoms with Crippen molar-refractivity contribution in [3.8, 4) is 0 Å². The second-order valence-corrected chi connectivity index (χ2v) is 8.18. The average Bonchev–Trinajstić information content (AvgIpc) is 2.31. The fourth-order valence-corrected chi connectivity index (χ4v) is 2.63. The average molecular weight is 300 g/mol. The minimum absolute atomic E-state index is 0.0117. The lowest BCUT2D eigenvalue weighted by Gasteiger charge is -2.33. The predicted molar refractivity (Wildman–Crippen MR) is 88.9 cm³/mol. The molecular weight excluding hydrogens is 264 g/mol. The van der Waals surface area contributed by atoms with Crippen LogP contribution in [0.5, 0.6) is 0 Å². The van der Waals surface area contributed by atoms with Gasteiger partial charge in [0.1, 0.15) is 0 Å². The molecule has 0 fully saturated rings. The number of amides is 1. The van der Waals surface area contributed by atoms with Crippen molar-refractivity contribution in [2.75, 3.05) is 13.2 Å². The van der Waals surface area contributed by atoms with Gasteiger partial charge in [0.25, 0.3) is 0 Å². The highest BCUT2D eigenvalue weighted by atomic mass is 16.3. The van der Waals surface area contributed by atoms with Gasteiger partial charge in [0, 0.05) is 19.1 Å². The van der Waals surface area contributed by atoms with E-state index in [2.05, 4.69) is 46.9 Å². The zero-order chi connectivity index (χ0) is 16.7. The van der Waals surface area contributed by atoms with Crippen molar-refractivity contribution in [1.82, 2.24) is 5.32 Å². The Morgan fingerprint density at radius 2 is 1.62 bits per heavy atom. The third kappa shape index (κ3) is 8.42. The van der Waals surface area contributed by atoms with Gasteiger partial charge >= 0.3 is 0 Å². The van der Waals surface area contributed by atoms with E-state index in [0.29, 0.717) is 25.3 Å². The van der Waals surface area contributed by atoms with Crippen molar-refractivity contribution in [3.63, 3.8) is 0 Å². The van der Waals surface area contributed by atoms with Gasteiger partial charge in [-0.1, -0.05) is 41.5 Å². The van der Waals surface area contributed by atoms with Crippen LogP contribution in [0.3, 0.4) is 0 Å². The number of rotatable bonds is 8. The molecule has 0 spiro atoms. The summed E-state index contributed by atoms with van der Waals surface area (Å²) < 4.78 is 0. The van der Waals surface area contributed by atoms with E-state index >= 15 is 0 Å². The van der Waals surface area contributed by atoms with Crippen LogP contribution < -0.4 is 11.1 Å². The Bertz CT molecular complexity index is 303. The highest BCUT2D eigenvalue weighted by Gasteiger charge is 2.27. The molecule has 0 bridgehead atoms. The quantitative estimate of drug-likeness (QED) is 0.645. The summed E-state index contributed by atoms with van der Waals surface area (Å²) in [5, 5.41) is 12.2. The van der Waals surface area contributed by atoms with Crippen LogP contribution in [0.1, 0.15) is 67.2 Å². The van der Waals surface area contributed by atoms with Crippen LogP contribution in [0.15, 0.2) is 0 Å². The number of carbonyl (C=O) groups excluding carboxylic acids is 1. The summed E-state index contributed by atoms with van der Waals surface area (Å²) in [7, 11) is 0. The molecule has 4 N–H and O–H groups in total. The molecule has 0 aromatic rings. The highest BCUT2D eigenvalue weighted by Crippen LogP contribution is 2.32. The summed E-state index contributed by atoms with van der Waals surface area (Å²) in [4.78, 5) is 12.2. The molecule has 126 valence electrons. The van der Waals surface area contributed by atoms with E-state index in [4.69, 9.17) is 10.8 Å². The SMILES string of the molecule is CC(C)(C)C(CCN)CCC(=O)NC(CCO)C(C)(C)C. The highest BCUT2D eigenvalue weighted by molar-refractivity contribution is 5.76. The van der Waals surface area contributed by atoms with Crippen molar-refractivity contribution >= 4 is 5.91 Å². The van der Waals surface area contributed by atoms with E-state index in [0.717, 1.165) is 12.8 Å². The van der Waals surface area contributed by atoms with E-state index in [9.17, 15) is 4.79 Å². The van der Waals surface area contributed by atoms with Gasteiger partial charge in [-0.2, -0.15) is 0 Å².